The van der Waals surface area contributed by atoms with Gasteiger partial charge in [-0.05, 0) is 42.8 Å². The number of rotatable bonds is 5. The lowest BCUT2D eigenvalue weighted by Gasteiger charge is -2.23. The predicted molar refractivity (Wildman–Crippen MR) is 93.0 cm³/mol. The average molecular weight is 331 g/mol. The van der Waals surface area contributed by atoms with Crippen molar-refractivity contribution in [1.29, 1.82) is 0 Å². The fourth-order valence-corrected chi connectivity index (χ4v) is 2.57. The predicted octanol–water partition coefficient (Wildman–Crippen LogP) is 3.43. The van der Waals surface area contributed by atoms with E-state index >= 15 is 0 Å². The first-order valence-corrected chi connectivity index (χ1v) is 7.74. The highest BCUT2D eigenvalue weighted by Gasteiger charge is 2.14. The number of anilines is 1. The topological polar surface area (TPSA) is 49.4 Å². The summed E-state index contributed by atoms with van der Waals surface area (Å²) in [5.74, 6) is -0.230. The van der Waals surface area contributed by atoms with Crippen LogP contribution in [0.2, 0.25) is 5.02 Å². The summed E-state index contributed by atoms with van der Waals surface area (Å²) in [4.78, 5) is 25.6. The van der Waals surface area contributed by atoms with Crippen LogP contribution in [0, 0.1) is 6.92 Å². The Morgan fingerprint density at radius 3 is 2.43 bits per heavy atom. The Labute approximate surface area is 141 Å². The highest BCUT2D eigenvalue weighted by molar-refractivity contribution is 6.30. The molecule has 0 aromatic heterocycles. The Balaban J connectivity index is 2.01. The van der Waals surface area contributed by atoms with Crippen LogP contribution in [-0.4, -0.2) is 24.9 Å². The van der Waals surface area contributed by atoms with Crippen LogP contribution in [0.3, 0.4) is 0 Å². The third-order valence-electron chi connectivity index (χ3n) is 3.49. The Kier molecular flexibility index (Phi) is 5.77. The van der Waals surface area contributed by atoms with E-state index in [0.29, 0.717) is 23.7 Å². The van der Waals surface area contributed by atoms with E-state index in [4.69, 9.17) is 11.6 Å². The zero-order valence-electron chi connectivity index (χ0n) is 13.2. The minimum atomic E-state index is -0.151. The Morgan fingerprint density at radius 1 is 1.13 bits per heavy atom. The zero-order chi connectivity index (χ0) is 16.8. The molecule has 0 aliphatic carbocycles. The molecule has 0 saturated carbocycles. The quantitative estimate of drug-likeness (QED) is 0.913. The number of aryl methyl sites for hydroxylation is 1. The van der Waals surface area contributed by atoms with Gasteiger partial charge in [0.05, 0.1) is 0 Å². The van der Waals surface area contributed by atoms with Crippen LogP contribution in [0.1, 0.15) is 22.8 Å². The van der Waals surface area contributed by atoms with Gasteiger partial charge in [-0.15, -0.1) is 0 Å². The van der Waals surface area contributed by atoms with E-state index in [-0.39, 0.29) is 11.8 Å². The maximum atomic E-state index is 12.0. The molecule has 0 saturated heterocycles. The van der Waals surface area contributed by atoms with Crippen molar-refractivity contribution in [2.75, 3.05) is 18.0 Å². The molecule has 0 aliphatic rings. The summed E-state index contributed by atoms with van der Waals surface area (Å²) in [6.45, 7) is 4.18. The second-order valence-corrected chi connectivity index (χ2v) is 5.66. The summed E-state index contributed by atoms with van der Waals surface area (Å²) >= 11 is 5.95. The molecule has 23 heavy (non-hydrogen) atoms. The van der Waals surface area contributed by atoms with E-state index in [2.05, 4.69) is 5.32 Å². The van der Waals surface area contributed by atoms with Crippen LogP contribution in [0.5, 0.6) is 0 Å². The largest absolute Gasteiger partial charge is 0.350 e. The normalized spacial score (nSPS) is 10.2. The fraction of sp³-hybridized carbons (Fsp3) is 0.222. The Bertz CT molecular complexity index is 701. The molecule has 5 heteroatoms. The molecule has 0 unspecified atom stereocenters. The molecule has 4 nitrogen and oxygen atoms in total. The summed E-state index contributed by atoms with van der Waals surface area (Å²) in [6, 6.07) is 14.4. The molecule has 0 fully saturated rings. The van der Waals surface area contributed by atoms with Crippen LogP contribution >= 0.6 is 11.6 Å². The van der Waals surface area contributed by atoms with Gasteiger partial charge in [0.25, 0.3) is 5.91 Å². The standard InChI is InChI=1S/C18H19ClN2O2/c1-13-12-16(19)8-9-17(13)21(14(2)22)11-10-20-18(23)15-6-4-3-5-7-15/h3-9,12H,10-11H2,1-2H3,(H,20,23). The van der Waals surface area contributed by atoms with Crippen LogP contribution in [0.4, 0.5) is 5.69 Å². The van der Waals surface area contributed by atoms with Gasteiger partial charge in [-0.1, -0.05) is 29.8 Å². The van der Waals surface area contributed by atoms with E-state index in [1.54, 1.807) is 23.1 Å². The lowest BCUT2D eigenvalue weighted by molar-refractivity contribution is -0.116. The number of halogens is 1. The zero-order valence-corrected chi connectivity index (χ0v) is 13.9. The summed E-state index contributed by atoms with van der Waals surface area (Å²) in [5, 5.41) is 3.46. The summed E-state index contributed by atoms with van der Waals surface area (Å²) < 4.78 is 0. The number of amides is 2. The monoisotopic (exact) mass is 330 g/mol. The molecule has 2 rings (SSSR count). The molecule has 2 aromatic rings. The molecular weight excluding hydrogens is 312 g/mol. The molecule has 1 N–H and O–H groups in total. The first-order valence-electron chi connectivity index (χ1n) is 7.36. The number of nitrogens with zero attached hydrogens (tertiary/aromatic N) is 1. The lowest BCUT2D eigenvalue weighted by Crippen LogP contribution is -2.37. The maximum absolute atomic E-state index is 12.0. The minimum Gasteiger partial charge on any atom is -0.350 e. The minimum absolute atomic E-state index is 0.0793. The van der Waals surface area contributed by atoms with Crippen LogP contribution < -0.4 is 10.2 Å². The van der Waals surface area contributed by atoms with Crippen molar-refractivity contribution in [3.8, 4) is 0 Å². The van der Waals surface area contributed by atoms with Gasteiger partial charge in [0, 0.05) is 36.3 Å². The van der Waals surface area contributed by atoms with Gasteiger partial charge in [0.15, 0.2) is 0 Å². The molecule has 120 valence electrons. The molecular formula is C18H19ClN2O2. The van der Waals surface area contributed by atoms with Crippen molar-refractivity contribution in [2.24, 2.45) is 0 Å². The van der Waals surface area contributed by atoms with Gasteiger partial charge in [-0.2, -0.15) is 0 Å². The van der Waals surface area contributed by atoms with Crippen LogP contribution in [-0.2, 0) is 4.79 Å². The molecule has 0 spiro atoms. The first-order chi connectivity index (χ1) is 11.0. The van der Waals surface area contributed by atoms with Crippen LogP contribution in [0.25, 0.3) is 0 Å². The summed E-state index contributed by atoms with van der Waals surface area (Å²) in [5.41, 5.74) is 2.32. The number of carbonyl (C=O) groups excluding carboxylic acids is 2. The lowest BCUT2D eigenvalue weighted by atomic mass is 10.1. The number of hydrogen-bond acceptors (Lipinski definition) is 2. The molecule has 0 radical (unpaired) electrons. The van der Waals surface area contributed by atoms with Gasteiger partial charge in [0.2, 0.25) is 5.91 Å². The number of nitrogens with one attached hydrogen (secondary N) is 1. The first kappa shape index (κ1) is 17.0. The van der Waals surface area contributed by atoms with Crippen LogP contribution in [0.15, 0.2) is 48.5 Å². The van der Waals surface area contributed by atoms with E-state index < -0.39 is 0 Å². The van der Waals surface area contributed by atoms with Crippen molar-refractivity contribution in [3.05, 3.63) is 64.7 Å². The van der Waals surface area contributed by atoms with E-state index in [1.165, 1.54) is 6.92 Å². The van der Waals surface area contributed by atoms with Gasteiger partial charge in [0.1, 0.15) is 0 Å². The van der Waals surface area contributed by atoms with Crippen molar-refractivity contribution in [3.63, 3.8) is 0 Å². The fourth-order valence-electron chi connectivity index (χ4n) is 2.34. The Morgan fingerprint density at radius 2 is 1.83 bits per heavy atom. The van der Waals surface area contributed by atoms with E-state index in [1.807, 2.05) is 37.3 Å². The molecule has 0 atom stereocenters. The average Bonchev–Trinajstić information content (AvgIpc) is 2.53. The van der Waals surface area contributed by atoms with Crippen molar-refractivity contribution >= 4 is 29.1 Å². The maximum Gasteiger partial charge on any atom is 0.251 e. The molecule has 2 amide bonds. The highest BCUT2D eigenvalue weighted by atomic mass is 35.5. The Hall–Kier alpha value is -2.33. The highest BCUT2D eigenvalue weighted by Crippen LogP contribution is 2.23. The third-order valence-corrected chi connectivity index (χ3v) is 3.72. The number of hydrogen-bond donors (Lipinski definition) is 1. The van der Waals surface area contributed by atoms with Crippen molar-refractivity contribution in [1.82, 2.24) is 5.32 Å². The van der Waals surface area contributed by atoms with Gasteiger partial charge >= 0.3 is 0 Å². The van der Waals surface area contributed by atoms with Gasteiger partial charge < -0.3 is 10.2 Å². The van der Waals surface area contributed by atoms with E-state index in [0.717, 1.165) is 11.3 Å². The second-order valence-electron chi connectivity index (χ2n) is 5.22. The molecule has 0 heterocycles. The summed E-state index contributed by atoms with van der Waals surface area (Å²) in [7, 11) is 0. The smallest absolute Gasteiger partial charge is 0.251 e. The molecule has 2 aromatic carbocycles. The molecule has 0 aliphatic heterocycles. The second kappa shape index (κ2) is 7.79. The third kappa shape index (κ3) is 4.57. The van der Waals surface area contributed by atoms with Gasteiger partial charge in [-0.25, -0.2) is 0 Å². The van der Waals surface area contributed by atoms with Crippen molar-refractivity contribution in [2.45, 2.75) is 13.8 Å². The number of benzene rings is 2. The number of carbonyl (C=O) groups is 2. The summed E-state index contributed by atoms with van der Waals surface area (Å²) in [6.07, 6.45) is 0. The van der Waals surface area contributed by atoms with E-state index in [9.17, 15) is 9.59 Å². The molecule has 0 bridgehead atoms. The van der Waals surface area contributed by atoms with Gasteiger partial charge in [-0.3, -0.25) is 9.59 Å². The SMILES string of the molecule is CC(=O)N(CCNC(=O)c1ccccc1)c1ccc(Cl)cc1C. The van der Waals surface area contributed by atoms with Crippen molar-refractivity contribution < 1.29 is 9.59 Å².